The number of amides is 1. The number of carbonyl (C=O) groups excluding carboxylic acids is 1. The summed E-state index contributed by atoms with van der Waals surface area (Å²) in [4.78, 5) is 15.7. The summed E-state index contributed by atoms with van der Waals surface area (Å²) in [6.07, 6.45) is 0. The number of hydrogen-bond donors (Lipinski definition) is 1. The molecule has 3 aromatic carbocycles. The summed E-state index contributed by atoms with van der Waals surface area (Å²) in [7, 11) is 0. The van der Waals surface area contributed by atoms with E-state index >= 15 is 0 Å². The smallest absolute Gasteiger partial charge is 0.246 e. The number of fused-ring (bicyclic) bond motifs is 1. The van der Waals surface area contributed by atoms with Crippen LogP contribution in [0.3, 0.4) is 0 Å². The van der Waals surface area contributed by atoms with Gasteiger partial charge < -0.3 is 14.8 Å². The highest BCUT2D eigenvalue weighted by atomic mass is 16.5. The maximum Gasteiger partial charge on any atom is 0.246 e. The number of nitrogens with one attached hydrogen (secondary N) is 1. The third-order valence-electron chi connectivity index (χ3n) is 5.16. The molecule has 1 atom stereocenters. The first-order valence-corrected chi connectivity index (χ1v) is 10.3. The minimum Gasteiger partial charge on any atom is -0.492 e. The number of para-hydroxylation sites is 3. The van der Waals surface area contributed by atoms with Gasteiger partial charge in [-0.15, -0.1) is 0 Å². The summed E-state index contributed by atoms with van der Waals surface area (Å²) in [5, 5.41) is 3.09. The number of carbonyl (C=O) groups is 1. The van der Waals surface area contributed by atoms with Crippen LogP contribution in [0.5, 0.6) is 11.5 Å². The van der Waals surface area contributed by atoms with Gasteiger partial charge in [0, 0.05) is 18.7 Å². The monoisotopic (exact) mass is 402 g/mol. The van der Waals surface area contributed by atoms with Gasteiger partial charge in [0.05, 0.1) is 12.3 Å². The number of ether oxygens (including phenoxy) is 2. The molecule has 1 unspecified atom stereocenters. The average Bonchev–Trinajstić information content (AvgIpc) is 2.98. The molecule has 1 N–H and O–H groups in total. The zero-order valence-electron chi connectivity index (χ0n) is 17.1. The van der Waals surface area contributed by atoms with Crippen molar-refractivity contribution >= 4 is 11.6 Å². The van der Waals surface area contributed by atoms with E-state index in [0.717, 1.165) is 16.9 Å². The summed E-state index contributed by atoms with van der Waals surface area (Å²) in [5.74, 6) is 1.46. The summed E-state index contributed by atoms with van der Waals surface area (Å²) < 4.78 is 11.6. The molecule has 5 nitrogen and oxygen atoms in total. The molecule has 1 amide bonds. The summed E-state index contributed by atoms with van der Waals surface area (Å²) in [5.41, 5.74) is 2.71. The third kappa shape index (κ3) is 4.47. The summed E-state index contributed by atoms with van der Waals surface area (Å²) in [6, 6.07) is 25.0. The van der Waals surface area contributed by atoms with Crippen LogP contribution in [0.25, 0.3) is 0 Å². The van der Waals surface area contributed by atoms with Crippen LogP contribution in [0.1, 0.15) is 24.1 Å². The second-order valence-corrected chi connectivity index (χ2v) is 7.16. The Hall–Kier alpha value is -3.31. The second-order valence-electron chi connectivity index (χ2n) is 7.16. The minimum absolute atomic E-state index is 0.0901. The van der Waals surface area contributed by atoms with Gasteiger partial charge >= 0.3 is 0 Å². The molecule has 0 aliphatic carbocycles. The van der Waals surface area contributed by atoms with Crippen molar-refractivity contribution < 1.29 is 14.3 Å². The van der Waals surface area contributed by atoms with Gasteiger partial charge in [-0.2, -0.15) is 0 Å². The lowest BCUT2D eigenvalue weighted by atomic mass is 10.0. The topological polar surface area (TPSA) is 50.8 Å². The first-order chi connectivity index (χ1) is 14.8. The van der Waals surface area contributed by atoms with Crippen LogP contribution in [0, 0.1) is 0 Å². The van der Waals surface area contributed by atoms with E-state index in [1.807, 2.05) is 79.7 Å². The fourth-order valence-electron chi connectivity index (χ4n) is 3.78. The van der Waals surface area contributed by atoms with Crippen LogP contribution in [-0.4, -0.2) is 30.6 Å². The minimum atomic E-state index is -0.448. The maximum atomic E-state index is 13.5. The molecule has 4 rings (SSSR count). The largest absolute Gasteiger partial charge is 0.492 e. The normalized spacial score (nSPS) is 14.7. The lowest BCUT2D eigenvalue weighted by molar-refractivity contribution is -0.121. The van der Waals surface area contributed by atoms with Crippen LogP contribution in [0.2, 0.25) is 0 Å². The Morgan fingerprint density at radius 1 is 1.03 bits per heavy atom. The zero-order chi connectivity index (χ0) is 20.8. The van der Waals surface area contributed by atoms with Gasteiger partial charge in [-0.05, 0) is 30.7 Å². The molecule has 1 aliphatic heterocycles. The maximum absolute atomic E-state index is 13.5. The molecule has 0 saturated carbocycles. The lowest BCUT2D eigenvalue weighted by Crippen LogP contribution is -2.38. The van der Waals surface area contributed by atoms with Crippen LogP contribution < -0.4 is 14.8 Å². The predicted octanol–water partition coefficient (Wildman–Crippen LogP) is 4.66. The molecule has 0 radical (unpaired) electrons. The molecule has 5 heteroatoms. The van der Waals surface area contributed by atoms with Crippen molar-refractivity contribution in [3.63, 3.8) is 0 Å². The molecule has 0 aromatic heterocycles. The SMILES string of the molecule is CCOc1ccccc1NC(=O)C(c1ccccc1)N1CCOc2ccccc2C1. The Morgan fingerprint density at radius 2 is 1.77 bits per heavy atom. The molecule has 0 spiro atoms. The molecule has 154 valence electrons. The van der Waals surface area contributed by atoms with Crippen LogP contribution >= 0.6 is 0 Å². The van der Waals surface area contributed by atoms with Crippen molar-refractivity contribution in [1.29, 1.82) is 0 Å². The first-order valence-electron chi connectivity index (χ1n) is 10.3. The standard InChI is InChI=1S/C25H26N2O3/c1-2-29-23-15-9-7-13-21(23)26-25(28)24(19-10-4-3-5-11-19)27-16-17-30-22-14-8-6-12-20(22)18-27/h3-15,24H,2,16-18H2,1H3,(H,26,28). The predicted molar refractivity (Wildman–Crippen MR) is 118 cm³/mol. The van der Waals surface area contributed by atoms with Crippen LogP contribution in [0.15, 0.2) is 78.9 Å². The van der Waals surface area contributed by atoms with E-state index in [2.05, 4.69) is 16.3 Å². The fraction of sp³-hybridized carbons (Fsp3) is 0.240. The first kappa shape index (κ1) is 20.0. The number of hydrogen-bond acceptors (Lipinski definition) is 4. The molecule has 1 heterocycles. The van der Waals surface area contributed by atoms with Crippen molar-refractivity contribution in [2.45, 2.75) is 19.5 Å². The van der Waals surface area contributed by atoms with Gasteiger partial charge in [0.1, 0.15) is 24.1 Å². The highest BCUT2D eigenvalue weighted by molar-refractivity contribution is 5.96. The summed E-state index contributed by atoms with van der Waals surface area (Å²) >= 11 is 0. The number of anilines is 1. The molecular formula is C25H26N2O3. The number of rotatable bonds is 6. The van der Waals surface area contributed by atoms with E-state index < -0.39 is 6.04 Å². The van der Waals surface area contributed by atoms with E-state index in [1.54, 1.807) is 0 Å². The Kier molecular flexibility index (Phi) is 6.30. The van der Waals surface area contributed by atoms with E-state index in [0.29, 0.717) is 37.7 Å². The summed E-state index contributed by atoms with van der Waals surface area (Å²) in [6.45, 7) is 4.28. The van der Waals surface area contributed by atoms with Crippen molar-refractivity contribution in [3.05, 3.63) is 90.0 Å². The fourth-order valence-corrected chi connectivity index (χ4v) is 3.78. The Morgan fingerprint density at radius 3 is 2.60 bits per heavy atom. The Balaban J connectivity index is 1.65. The molecule has 3 aromatic rings. The Bertz CT molecular complexity index is 990. The molecule has 1 aliphatic rings. The number of benzene rings is 3. The highest BCUT2D eigenvalue weighted by Gasteiger charge is 2.30. The van der Waals surface area contributed by atoms with Crippen molar-refractivity contribution in [3.8, 4) is 11.5 Å². The Labute approximate surface area is 177 Å². The van der Waals surface area contributed by atoms with Gasteiger partial charge in [0.15, 0.2) is 0 Å². The van der Waals surface area contributed by atoms with Crippen molar-refractivity contribution in [2.75, 3.05) is 25.1 Å². The van der Waals surface area contributed by atoms with Gasteiger partial charge in [-0.1, -0.05) is 60.7 Å². The van der Waals surface area contributed by atoms with E-state index in [9.17, 15) is 4.79 Å². The average molecular weight is 402 g/mol. The van der Waals surface area contributed by atoms with Gasteiger partial charge in [-0.25, -0.2) is 0 Å². The second kappa shape index (κ2) is 9.46. The highest BCUT2D eigenvalue weighted by Crippen LogP contribution is 2.31. The van der Waals surface area contributed by atoms with Gasteiger partial charge in [-0.3, -0.25) is 9.69 Å². The lowest BCUT2D eigenvalue weighted by Gasteiger charge is -2.30. The van der Waals surface area contributed by atoms with Crippen LogP contribution in [-0.2, 0) is 11.3 Å². The van der Waals surface area contributed by atoms with E-state index in [4.69, 9.17) is 9.47 Å². The molecule has 0 fully saturated rings. The van der Waals surface area contributed by atoms with Gasteiger partial charge in [0.25, 0.3) is 0 Å². The quantitative estimate of drug-likeness (QED) is 0.652. The molecule has 0 saturated heterocycles. The molecular weight excluding hydrogens is 376 g/mol. The van der Waals surface area contributed by atoms with E-state index in [-0.39, 0.29) is 5.91 Å². The van der Waals surface area contributed by atoms with Crippen molar-refractivity contribution in [1.82, 2.24) is 4.90 Å². The van der Waals surface area contributed by atoms with Gasteiger partial charge in [0.2, 0.25) is 5.91 Å². The van der Waals surface area contributed by atoms with E-state index in [1.165, 1.54) is 0 Å². The van der Waals surface area contributed by atoms with Crippen molar-refractivity contribution in [2.24, 2.45) is 0 Å². The number of nitrogens with zero attached hydrogens (tertiary/aromatic N) is 1. The third-order valence-corrected chi connectivity index (χ3v) is 5.16. The zero-order valence-corrected chi connectivity index (χ0v) is 17.1. The molecule has 30 heavy (non-hydrogen) atoms. The molecule has 0 bridgehead atoms. The van der Waals surface area contributed by atoms with Crippen LogP contribution in [0.4, 0.5) is 5.69 Å².